The van der Waals surface area contributed by atoms with Gasteiger partial charge in [-0.15, -0.1) is 0 Å². The average Bonchev–Trinajstić information content (AvgIpc) is 2.24. The van der Waals surface area contributed by atoms with E-state index in [1.807, 2.05) is 0 Å². The van der Waals surface area contributed by atoms with E-state index in [1.54, 1.807) is 0 Å². The van der Waals surface area contributed by atoms with Gasteiger partial charge >= 0.3 is 0 Å². The van der Waals surface area contributed by atoms with Gasteiger partial charge < -0.3 is 23.9 Å². The van der Waals surface area contributed by atoms with Crippen LogP contribution in [-0.2, 0) is 32.7 Å². The van der Waals surface area contributed by atoms with Crippen LogP contribution in [0.15, 0.2) is 0 Å². The van der Waals surface area contributed by atoms with Crippen molar-refractivity contribution in [2.75, 3.05) is 26.5 Å². The van der Waals surface area contributed by atoms with Crippen molar-refractivity contribution in [3.8, 4) is 0 Å². The van der Waals surface area contributed by atoms with E-state index in [9.17, 15) is 14.9 Å². The monoisotopic (exact) mass is 308 g/mol. The average molecular weight is 308 g/mol. The fourth-order valence-corrected chi connectivity index (χ4v) is 3.20. The second kappa shape index (κ2) is 7.52. The lowest BCUT2D eigenvalue weighted by molar-refractivity contribution is 0.165. The zero-order valence-electron chi connectivity index (χ0n) is 9.27. The lowest BCUT2D eigenvalue weighted by Crippen LogP contribution is -2.11. The van der Waals surface area contributed by atoms with Gasteiger partial charge in [-0.2, -0.15) is 0 Å². The molecule has 0 bridgehead atoms. The Labute approximate surface area is 106 Å². The Morgan fingerprint density at radius 3 is 1.56 bits per heavy atom. The van der Waals surface area contributed by atoms with Crippen LogP contribution in [0.25, 0.3) is 0 Å². The first-order valence-corrected chi connectivity index (χ1v) is 10.4. The van der Waals surface area contributed by atoms with Crippen LogP contribution in [0, 0.1) is 0 Å². The normalized spacial score (nSPS) is 21.1. The van der Waals surface area contributed by atoms with E-state index in [1.165, 1.54) is 14.2 Å². The van der Waals surface area contributed by atoms with Gasteiger partial charge in [0.1, 0.15) is 0 Å². The van der Waals surface area contributed by atoms with Gasteiger partial charge in [0.05, 0.1) is 6.10 Å². The van der Waals surface area contributed by atoms with Crippen molar-refractivity contribution < 1.29 is 23.9 Å². The van der Waals surface area contributed by atoms with Gasteiger partial charge in [0, 0.05) is 26.5 Å². The highest BCUT2D eigenvalue weighted by Crippen LogP contribution is 2.44. The molecule has 0 rings (SSSR count). The summed E-state index contributed by atoms with van der Waals surface area (Å²) in [6.45, 7) is -5.47. The van der Waals surface area contributed by atoms with Gasteiger partial charge in [0.15, 0.2) is 13.0 Å². The third-order valence-corrected chi connectivity index (χ3v) is 6.84. The van der Waals surface area contributed by atoms with E-state index in [-0.39, 0.29) is 12.3 Å². The highest BCUT2D eigenvalue weighted by molar-refractivity contribution is 8.09. The van der Waals surface area contributed by atoms with Gasteiger partial charge in [0.25, 0.3) is 0 Å². The molecule has 0 aromatic carbocycles. The first-order valence-electron chi connectivity index (χ1n) is 4.65. The van der Waals surface area contributed by atoms with Crippen LogP contribution in [-0.4, -0.2) is 47.5 Å². The smallest absolute Gasteiger partial charge is 0.185 e. The Morgan fingerprint density at radius 2 is 1.31 bits per heavy atom. The Morgan fingerprint density at radius 1 is 1.00 bits per heavy atom. The molecule has 0 radical (unpaired) electrons. The summed E-state index contributed by atoms with van der Waals surface area (Å²) in [6.07, 6.45) is 0.512. The molecule has 0 heterocycles. The maximum Gasteiger partial charge on any atom is 0.185 e. The van der Waals surface area contributed by atoms with E-state index in [4.69, 9.17) is 32.7 Å². The Bertz CT molecular complexity index is 271. The Hall–Kier alpha value is 1.10. The summed E-state index contributed by atoms with van der Waals surface area (Å²) in [4.78, 5) is 18.9. The molecule has 16 heavy (non-hydrogen) atoms. The van der Waals surface area contributed by atoms with E-state index in [0.717, 1.165) is 0 Å². The molecule has 0 aromatic heterocycles. The summed E-state index contributed by atoms with van der Waals surface area (Å²) in [5.74, 6) is 0. The first kappa shape index (κ1) is 17.1. The standard InChI is InChI=1S/C7H18O5P2S2/c1-11-13(9,15)5-3-7(8)4-6-14(10,16)12-2/h7-8H,3-6H2,1-2H3,(H,9,15)(H,10,16). The van der Waals surface area contributed by atoms with E-state index in [0.29, 0.717) is 12.8 Å². The van der Waals surface area contributed by atoms with Crippen molar-refractivity contribution in [1.82, 2.24) is 0 Å². The molecule has 3 N–H and O–H groups in total. The maximum atomic E-state index is 9.58. The van der Waals surface area contributed by atoms with Gasteiger partial charge in [-0.05, 0) is 36.5 Å². The minimum absolute atomic E-state index is 0.251. The molecule has 0 saturated carbocycles. The number of rotatable bonds is 8. The molecule has 9 heteroatoms. The molecule has 0 spiro atoms. The van der Waals surface area contributed by atoms with Crippen molar-refractivity contribution in [3.63, 3.8) is 0 Å². The number of aliphatic hydroxyl groups excluding tert-OH is 1. The van der Waals surface area contributed by atoms with Crippen LogP contribution >= 0.6 is 13.0 Å². The van der Waals surface area contributed by atoms with Crippen molar-refractivity contribution in [1.29, 1.82) is 0 Å². The van der Waals surface area contributed by atoms with Crippen LogP contribution in [0.4, 0.5) is 0 Å². The third-order valence-electron chi connectivity index (χ3n) is 2.06. The number of aliphatic hydroxyl groups is 1. The number of hydrogen-bond acceptors (Lipinski definition) is 5. The van der Waals surface area contributed by atoms with Gasteiger partial charge in [-0.3, -0.25) is 0 Å². The van der Waals surface area contributed by atoms with E-state index < -0.39 is 19.1 Å². The Balaban J connectivity index is 3.89. The molecule has 0 aliphatic rings. The molecule has 0 saturated heterocycles. The van der Waals surface area contributed by atoms with Crippen LogP contribution in [0.2, 0.25) is 0 Å². The molecule has 0 amide bonds. The largest absolute Gasteiger partial charge is 0.393 e. The molecule has 0 aromatic rings. The summed E-state index contributed by atoms with van der Waals surface area (Å²) in [7, 11) is 2.71. The molecule has 98 valence electrons. The van der Waals surface area contributed by atoms with Crippen LogP contribution in [0.3, 0.4) is 0 Å². The lowest BCUT2D eigenvalue weighted by atomic mass is 10.2. The SMILES string of the molecule is COP(O)(=S)CCC(O)CCP(O)(=S)OC. The zero-order valence-corrected chi connectivity index (χ0v) is 12.7. The summed E-state index contributed by atoms with van der Waals surface area (Å²) >= 11 is 9.58. The third kappa shape index (κ3) is 8.23. The highest BCUT2D eigenvalue weighted by atomic mass is 32.5. The fraction of sp³-hybridized carbons (Fsp3) is 1.00. The highest BCUT2D eigenvalue weighted by Gasteiger charge is 2.18. The van der Waals surface area contributed by atoms with Crippen molar-refractivity contribution >= 4 is 36.6 Å². The maximum absolute atomic E-state index is 9.58. The van der Waals surface area contributed by atoms with Gasteiger partial charge in [-0.25, -0.2) is 0 Å². The summed E-state index contributed by atoms with van der Waals surface area (Å²) in [5, 5.41) is 9.58. The molecule has 2 unspecified atom stereocenters. The summed E-state index contributed by atoms with van der Waals surface area (Å²) < 4.78 is 9.47. The van der Waals surface area contributed by atoms with Crippen LogP contribution < -0.4 is 0 Å². The first-order chi connectivity index (χ1) is 7.22. The predicted molar refractivity (Wildman–Crippen MR) is 72.0 cm³/mol. The molecule has 2 atom stereocenters. The van der Waals surface area contributed by atoms with E-state index in [2.05, 4.69) is 0 Å². The molecule has 0 aliphatic heterocycles. The summed E-state index contributed by atoms with van der Waals surface area (Å²) in [5.41, 5.74) is 0. The molecule has 5 nitrogen and oxygen atoms in total. The van der Waals surface area contributed by atoms with Crippen LogP contribution in [0.1, 0.15) is 12.8 Å². The van der Waals surface area contributed by atoms with Crippen molar-refractivity contribution in [3.05, 3.63) is 0 Å². The molecule has 0 aliphatic carbocycles. The van der Waals surface area contributed by atoms with Gasteiger partial charge in [0.2, 0.25) is 0 Å². The van der Waals surface area contributed by atoms with Crippen LogP contribution in [0.5, 0.6) is 0 Å². The van der Waals surface area contributed by atoms with E-state index >= 15 is 0 Å². The minimum Gasteiger partial charge on any atom is -0.393 e. The zero-order chi connectivity index (χ0) is 12.8. The lowest BCUT2D eigenvalue weighted by Gasteiger charge is -2.17. The van der Waals surface area contributed by atoms with Crippen molar-refractivity contribution in [2.45, 2.75) is 18.9 Å². The molecule has 0 fully saturated rings. The van der Waals surface area contributed by atoms with Gasteiger partial charge in [-0.1, -0.05) is 0 Å². The quantitative estimate of drug-likeness (QED) is 0.578. The Kier molecular flexibility index (Phi) is 8.03. The van der Waals surface area contributed by atoms with Crippen molar-refractivity contribution in [2.24, 2.45) is 0 Å². The second-order valence-electron chi connectivity index (χ2n) is 3.32. The topological polar surface area (TPSA) is 79.2 Å². The second-order valence-corrected chi connectivity index (χ2v) is 10.9. The number of hydrogen-bond donors (Lipinski definition) is 3. The molecular formula is C7H18O5P2S2. The summed E-state index contributed by atoms with van der Waals surface area (Å²) in [6, 6.07) is 0. The minimum atomic E-state index is -2.74. The fourth-order valence-electron chi connectivity index (χ4n) is 0.951. The molecular weight excluding hydrogens is 290 g/mol. The predicted octanol–water partition coefficient (Wildman–Crippen LogP) is 1.02.